The van der Waals surface area contributed by atoms with Crippen molar-refractivity contribution in [3.63, 3.8) is 0 Å². The molecule has 2 N–H and O–H groups in total. The van der Waals surface area contributed by atoms with Gasteiger partial charge in [0.1, 0.15) is 11.5 Å². The summed E-state index contributed by atoms with van der Waals surface area (Å²) >= 11 is 0. The van der Waals surface area contributed by atoms with E-state index in [4.69, 9.17) is 9.88 Å². The Bertz CT molecular complexity index is 648. The van der Waals surface area contributed by atoms with Gasteiger partial charge in [-0.25, -0.2) is 13.6 Å². The number of benzene rings is 2. The summed E-state index contributed by atoms with van der Waals surface area (Å²) in [7, 11) is -3.70. The van der Waals surface area contributed by atoms with Crippen molar-refractivity contribution in [1.82, 2.24) is 0 Å². The monoisotopic (exact) mass is 263 g/mol. The molecule has 4 nitrogen and oxygen atoms in total. The van der Waals surface area contributed by atoms with Crippen LogP contribution < -0.4 is 9.88 Å². The predicted octanol–water partition coefficient (Wildman–Crippen LogP) is 2.43. The number of aryl methyl sites for hydroxylation is 1. The van der Waals surface area contributed by atoms with Crippen LogP contribution in [0.3, 0.4) is 0 Å². The third kappa shape index (κ3) is 3.09. The summed E-state index contributed by atoms with van der Waals surface area (Å²) in [5.74, 6) is 1.08. The van der Waals surface area contributed by atoms with Crippen LogP contribution in [0, 0.1) is 6.92 Å². The van der Waals surface area contributed by atoms with Crippen molar-refractivity contribution in [2.45, 2.75) is 11.8 Å². The summed E-state index contributed by atoms with van der Waals surface area (Å²) in [6.07, 6.45) is 0. The lowest BCUT2D eigenvalue weighted by atomic mass is 10.2. The fraction of sp³-hybridized carbons (Fsp3) is 0.0769. The lowest BCUT2D eigenvalue weighted by molar-refractivity contribution is 0.480. The van der Waals surface area contributed by atoms with Crippen molar-refractivity contribution in [2.24, 2.45) is 5.14 Å². The number of primary sulfonamides is 1. The smallest absolute Gasteiger partial charge is 0.238 e. The van der Waals surface area contributed by atoms with Crippen molar-refractivity contribution in [1.29, 1.82) is 0 Å². The molecule has 0 saturated carbocycles. The van der Waals surface area contributed by atoms with Crippen molar-refractivity contribution >= 4 is 10.0 Å². The molecule has 0 unspecified atom stereocenters. The summed E-state index contributed by atoms with van der Waals surface area (Å²) in [6, 6.07) is 13.6. The van der Waals surface area contributed by atoms with Crippen molar-refractivity contribution < 1.29 is 13.2 Å². The number of sulfonamides is 1. The molecule has 0 atom stereocenters. The van der Waals surface area contributed by atoms with Gasteiger partial charge < -0.3 is 4.74 Å². The second-order valence-electron chi connectivity index (χ2n) is 3.93. The lowest BCUT2D eigenvalue weighted by Crippen LogP contribution is -2.11. The quantitative estimate of drug-likeness (QED) is 0.924. The first kappa shape index (κ1) is 12.6. The second kappa shape index (κ2) is 4.80. The van der Waals surface area contributed by atoms with E-state index in [1.165, 1.54) is 12.1 Å². The molecule has 0 radical (unpaired) electrons. The molecule has 0 aliphatic heterocycles. The molecule has 0 saturated heterocycles. The maximum atomic E-state index is 11.2. The van der Waals surface area contributed by atoms with E-state index in [-0.39, 0.29) is 4.90 Å². The van der Waals surface area contributed by atoms with Gasteiger partial charge in [-0.15, -0.1) is 0 Å². The Kier molecular flexibility index (Phi) is 3.36. The summed E-state index contributed by atoms with van der Waals surface area (Å²) in [4.78, 5) is 0.0344. The van der Waals surface area contributed by atoms with E-state index < -0.39 is 10.0 Å². The Balaban J connectivity index is 2.27. The molecule has 0 aliphatic rings. The fourth-order valence-corrected chi connectivity index (χ4v) is 2.01. The first-order valence-corrected chi connectivity index (χ1v) is 6.87. The Hall–Kier alpha value is -1.85. The van der Waals surface area contributed by atoms with E-state index in [0.717, 1.165) is 5.56 Å². The van der Waals surface area contributed by atoms with Gasteiger partial charge >= 0.3 is 0 Å². The topological polar surface area (TPSA) is 69.4 Å². The van der Waals surface area contributed by atoms with Crippen molar-refractivity contribution in [3.05, 3.63) is 54.1 Å². The van der Waals surface area contributed by atoms with E-state index >= 15 is 0 Å². The van der Waals surface area contributed by atoms with Crippen LogP contribution >= 0.6 is 0 Å². The molecule has 0 amide bonds. The molecule has 2 aromatic rings. The minimum atomic E-state index is -3.70. The third-order valence-electron chi connectivity index (χ3n) is 2.39. The van der Waals surface area contributed by atoms with Crippen LogP contribution in [0.5, 0.6) is 11.5 Å². The van der Waals surface area contributed by atoms with Gasteiger partial charge in [-0.2, -0.15) is 0 Å². The van der Waals surface area contributed by atoms with E-state index in [9.17, 15) is 8.42 Å². The maximum Gasteiger partial charge on any atom is 0.238 e. The van der Waals surface area contributed by atoms with Gasteiger partial charge in [0.2, 0.25) is 10.0 Å². The third-order valence-corrected chi connectivity index (χ3v) is 3.30. The SMILES string of the molecule is Cc1ccc(Oc2cccc(S(N)(=O)=O)c2)cc1. The van der Waals surface area contributed by atoms with Crippen LogP contribution in [0.4, 0.5) is 0 Å². The van der Waals surface area contributed by atoms with Crippen LogP contribution in [0.1, 0.15) is 5.56 Å². The average molecular weight is 263 g/mol. The van der Waals surface area contributed by atoms with Gasteiger partial charge in [-0.3, -0.25) is 0 Å². The van der Waals surface area contributed by atoms with Gasteiger partial charge in [-0.05, 0) is 31.2 Å². The van der Waals surface area contributed by atoms with Crippen LogP contribution in [-0.2, 0) is 10.0 Å². The molecule has 2 aromatic carbocycles. The Morgan fingerprint density at radius 2 is 1.67 bits per heavy atom. The Morgan fingerprint density at radius 1 is 1.00 bits per heavy atom. The first-order chi connectivity index (χ1) is 8.45. The number of hydrogen-bond donors (Lipinski definition) is 1. The summed E-state index contributed by atoms with van der Waals surface area (Å²) in [5, 5.41) is 5.06. The summed E-state index contributed by atoms with van der Waals surface area (Å²) in [5.41, 5.74) is 1.13. The van der Waals surface area contributed by atoms with Gasteiger partial charge in [0, 0.05) is 6.07 Å². The van der Waals surface area contributed by atoms with E-state index in [1.54, 1.807) is 12.1 Å². The molecule has 0 aliphatic carbocycles. The average Bonchev–Trinajstić information content (AvgIpc) is 2.31. The highest BCUT2D eigenvalue weighted by Gasteiger charge is 2.08. The summed E-state index contributed by atoms with van der Waals surface area (Å²) < 4.78 is 28.0. The highest BCUT2D eigenvalue weighted by Crippen LogP contribution is 2.23. The normalized spacial score (nSPS) is 11.2. The molecule has 5 heteroatoms. The molecule has 94 valence electrons. The van der Waals surface area contributed by atoms with E-state index in [0.29, 0.717) is 11.5 Å². The van der Waals surface area contributed by atoms with E-state index in [2.05, 4.69) is 0 Å². The number of ether oxygens (including phenoxy) is 1. The highest BCUT2D eigenvalue weighted by molar-refractivity contribution is 7.89. The largest absolute Gasteiger partial charge is 0.457 e. The molecular formula is C13H13NO3S. The number of nitrogens with two attached hydrogens (primary N) is 1. The van der Waals surface area contributed by atoms with Gasteiger partial charge in [0.05, 0.1) is 4.90 Å². The molecule has 0 fully saturated rings. The molecule has 18 heavy (non-hydrogen) atoms. The minimum absolute atomic E-state index is 0.0344. The molecule has 0 aromatic heterocycles. The lowest BCUT2D eigenvalue weighted by Gasteiger charge is -2.07. The van der Waals surface area contributed by atoms with E-state index in [1.807, 2.05) is 31.2 Å². The molecule has 0 spiro atoms. The minimum Gasteiger partial charge on any atom is -0.457 e. The van der Waals surface area contributed by atoms with Crippen LogP contribution in [0.25, 0.3) is 0 Å². The molecule has 0 bridgehead atoms. The van der Waals surface area contributed by atoms with Crippen molar-refractivity contribution in [3.8, 4) is 11.5 Å². The Morgan fingerprint density at radius 3 is 2.28 bits per heavy atom. The Labute approximate surface area is 106 Å². The first-order valence-electron chi connectivity index (χ1n) is 5.32. The summed E-state index contributed by atoms with van der Waals surface area (Å²) in [6.45, 7) is 1.98. The molecular weight excluding hydrogens is 250 g/mol. The number of hydrogen-bond acceptors (Lipinski definition) is 3. The van der Waals surface area contributed by atoms with Gasteiger partial charge in [-0.1, -0.05) is 23.8 Å². The van der Waals surface area contributed by atoms with Crippen molar-refractivity contribution in [2.75, 3.05) is 0 Å². The van der Waals surface area contributed by atoms with Crippen LogP contribution in [-0.4, -0.2) is 8.42 Å². The zero-order valence-corrected chi connectivity index (χ0v) is 10.6. The fourth-order valence-electron chi connectivity index (χ4n) is 1.46. The predicted molar refractivity (Wildman–Crippen MR) is 69.1 cm³/mol. The molecule has 0 heterocycles. The second-order valence-corrected chi connectivity index (χ2v) is 5.50. The van der Waals surface area contributed by atoms with Crippen LogP contribution in [0.2, 0.25) is 0 Å². The van der Waals surface area contributed by atoms with Gasteiger partial charge in [0.25, 0.3) is 0 Å². The standard InChI is InChI=1S/C13H13NO3S/c1-10-5-7-11(8-6-10)17-12-3-2-4-13(9-12)18(14,15)16/h2-9H,1H3,(H2,14,15,16). The van der Waals surface area contributed by atoms with Gasteiger partial charge in [0.15, 0.2) is 0 Å². The molecule has 2 rings (SSSR count). The maximum absolute atomic E-state index is 11.2. The zero-order chi connectivity index (χ0) is 13.2. The highest BCUT2D eigenvalue weighted by atomic mass is 32.2. The zero-order valence-electron chi connectivity index (χ0n) is 9.83. The number of rotatable bonds is 3. The van der Waals surface area contributed by atoms with Crippen LogP contribution in [0.15, 0.2) is 53.4 Å².